The molecular weight excluding hydrogens is 364 g/mol. The molecule has 0 aromatic heterocycles. The maximum atomic E-state index is 9.61. The van der Waals surface area contributed by atoms with Crippen LogP contribution < -0.4 is 0 Å². The Morgan fingerprint density at radius 1 is 0.567 bits per heavy atom. The summed E-state index contributed by atoms with van der Waals surface area (Å²) in [6, 6.07) is 31.6. The summed E-state index contributed by atoms with van der Waals surface area (Å²) in [5.41, 5.74) is 0.826. The van der Waals surface area contributed by atoms with Gasteiger partial charge in [0.15, 0.2) is 0 Å². The zero-order chi connectivity index (χ0) is 20.2. The van der Waals surface area contributed by atoms with Crippen molar-refractivity contribution in [1.29, 1.82) is 5.26 Å². The molecule has 0 N–H and O–H groups in total. The molecule has 0 bridgehead atoms. The summed E-state index contributed by atoms with van der Waals surface area (Å²) in [6.45, 7) is 7.55. The molecule has 0 amide bonds. The summed E-state index contributed by atoms with van der Waals surface area (Å²) < 4.78 is 0. The predicted octanol–water partition coefficient (Wildman–Crippen LogP) is 7.88. The largest absolute Gasteiger partial charge is 0.237 e. The highest BCUT2D eigenvalue weighted by Gasteiger charge is 2.14. The van der Waals surface area contributed by atoms with E-state index in [4.69, 9.17) is 6.57 Å². The molecule has 136 valence electrons. The van der Waals surface area contributed by atoms with E-state index in [0.717, 1.165) is 21.5 Å². The minimum Gasteiger partial charge on any atom is -0.237 e. The highest BCUT2D eigenvalue weighted by Crippen LogP contribution is 2.41. The van der Waals surface area contributed by atoms with Crippen LogP contribution in [0.4, 0.5) is 5.69 Å². The molecule has 6 aromatic carbocycles. The number of benzene rings is 6. The average Bonchev–Trinajstić information content (AvgIpc) is 2.81. The summed E-state index contributed by atoms with van der Waals surface area (Å²) in [5.74, 6) is 0. The lowest BCUT2D eigenvalue weighted by atomic mass is 9.89. The predicted molar refractivity (Wildman–Crippen MR) is 125 cm³/mol. The van der Waals surface area contributed by atoms with E-state index in [1.165, 1.54) is 32.3 Å². The first kappa shape index (κ1) is 16.5. The topological polar surface area (TPSA) is 28.1 Å². The van der Waals surface area contributed by atoms with Crippen molar-refractivity contribution in [3.63, 3.8) is 0 Å². The molecule has 0 aliphatic rings. The van der Waals surface area contributed by atoms with Crippen LogP contribution >= 0.6 is 0 Å². The van der Waals surface area contributed by atoms with E-state index >= 15 is 0 Å². The van der Waals surface area contributed by atoms with E-state index in [1.807, 2.05) is 24.3 Å². The van der Waals surface area contributed by atoms with E-state index < -0.39 is 0 Å². The van der Waals surface area contributed by atoms with E-state index in [2.05, 4.69) is 71.6 Å². The molecule has 0 saturated carbocycles. The van der Waals surface area contributed by atoms with Crippen molar-refractivity contribution in [1.82, 2.24) is 0 Å². The molecule has 30 heavy (non-hydrogen) atoms. The third-order valence-corrected chi connectivity index (χ3v) is 6.02. The maximum absolute atomic E-state index is 9.61. The molecule has 0 heterocycles. The van der Waals surface area contributed by atoms with Gasteiger partial charge in [-0.15, -0.1) is 0 Å². The van der Waals surface area contributed by atoms with Gasteiger partial charge in [-0.05, 0) is 90.3 Å². The molecule has 2 nitrogen and oxygen atoms in total. The number of nitriles is 1. The van der Waals surface area contributed by atoms with Gasteiger partial charge in [0.05, 0.1) is 18.2 Å². The van der Waals surface area contributed by atoms with Crippen LogP contribution in [0.1, 0.15) is 5.56 Å². The SMILES string of the molecule is [C-]#[N+]c1cc2c(cc1C#N)c1cc3ccccc3cc1c1cc3ccccc3cc21. The van der Waals surface area contributed by atoms with Crippen molar-refractivity contribution in [3.05, 3.63) is 102 Å². The Bertz CT molecular complexity index is 1630. The molecule has 0 aliphatic carbocycles. The van der Waals surface area contributed by atoms with Crippen molar-refractivity contribution in [2.24, 2.45) is 0 Å². The second kappa shape index (κ2) is 6.05. The summed E-state index contributed by atoms with van der Waals surface area (Å²) in [7, 11) is 0. The van der Waals surface area contributed by atoms with Gasteiger partial charge in [-0.2, -0.15) is 5.26 Å². The van der Waals surface area contributed by atoms with Crippen LogP contribution in [0.2, 0.25) is 0 Å². The van der Waals surface area contributed by atoms with Crippen LogP contribution in [-0.4, -0.2) is 0 Å². The van der Waals surface area contributed by atoms with E-state index in [9.17, 15) is 5.26 Å². The minimum absolute atomic E-state index is 0.402. The molecule has 0 aliphatic heterocycles. The molecule has 0 atom stereocenters. The standard InChI is InChI=1S/C28H14N2/c1-30-28-15-27-25-13-20-9-5-4-7-18(20)11-23(25)22-10-17-6-2-3-8-19(17)12-24(22)26(27)14-21(28)16-29/h2-15H. The van der Waals surface area contributed by atoms with Gasteiger partial charge in [0, 0.05) is 0 Å². The van der Waals surface area contributed by atoms with Crippen LogP contribution in [0.15, 0.2) is 84.9 Å². The first-order valence-corrected chi connectivity index (χ1v) is 9.79. The van der Waals surface area contributed by atoms with Crippen LogP contribution in [0, 0.1) is 17.9 Å². The molecule has 0 spiro atoms. The number of nitrogens with zero attached hydrogens (tertiary/aromatic N) is 2. The van der Waals surface area contributed by atoms with Gasteiger partial charge in [0.25, 0.3) is 0 Å². The summed E-state index contributed by atoms with van der Waals surface area (Å²) in [6.07, 6.45) is 0. The van der Waals surface area contributed by atoms with Crippen molar-refractivity contribution in [2.45, 2.75) is 0 Å². The van der Waals surface area contributed by atoms with Gasteiger partial charge >= 0.3 is 0 Å². The van der Waals surface area contributed by atoms with Crippen molar-refractivity contribution >= 4 is 59.5 Å². The highest BCUT2D eigenvalue weighted by atomic mass is 14.6. The van der Waals surface area contributed by atoms with Crippen molar-refractivity contribution in [2.75, 3.05) is 0 Å². The summed E-state index contributed by atoms with van der Waals surface area (Å²) in [4.78, 5) is 3.62. The zero-order valence-electron chi connectivity index (χ0n) is 16.0. The number of hydrogen-bond donors (Lipinski definition) is 0. The molecule has 0 saturated heterocycles. The first-order chi connectivity index (χ1) is 14.8. The summed E-state index contributed by atoms with van der Waals surface area (Å²) in [5, 5.41) is 20.9. The number of fused-ring (bicyclic) bond motifs is 8. The normalized spacial score (nSPS) is 11.3. The lowest BCUT2D eigenvalue weighted by Crippen LogP contribution is -1.87. The quantitative estimate of drug-likeness (QED) is 0.150. The number of rotatable bonds is 0. The Morgan fingerprint density at radius 3 is 1.30 bits per heavy atom. The van der Waals surface area contributed by atoms with Gasteiger partial charge in [0.2, 0.25) is 5.69 Å². The third-order valence-electron chi connectivity index (χ3n) is 6.02. The van der Waals surface area contributed by atoms with E-state index in [-0.39, 0.29) is 0 Å². The molecule has 0 radical (unpaired) electrons. The lowest BCUT2D eigenvalue weighted by molar-refractivity contribution is 1.50. The Kier molecular flexibility index (Phi) is 3.33. The van der Waals surface area contributed by atoms with Gasteiger partial charge in [-0.3, -0.25) is 0 Å². The molecule has 6 aromatic rings. The fourth-order valence-corrected chi connectivity index (χ4v) is 4.59. The van der Waals surface area contributed by atoms with Gasteiger partial charge in [-0.1, -0.05) is 48.5 Å². The van der Waals surface area contributed by atoms with E-state index in [0.29, 0.717) is 11.3 Å². The molecule has 0 fully saturated rings. The van der Waals surface area contributed by atoms with Gasteiger partial charge in [-0.25, -0.2) is 4.85 Å². The van der Waals surface area contributed by atoms with Crippen molar-refractivity contribution in [3.8, 4) is 6.07 Å². The lowest BCUT2D eigenvalue weighted by Gasteiger charge is -2.14. The molecule has 0 unspecified atom stereocenters. The number of hydrogen-bond acceptors (Lipinski definition) is 1. The van der Waals surface area contributed by atoms with Crippen LogP contribution in [-0.2, 0) is 0 Å². The average molecular weight is 378 g/mol. The smallest absolute Gasteiger partial charge is 0.205 e. The molecule has 6 rings (SSSR count). The Morgan fingerprint density at radius 2 is 0.933 bits per heavy atom. The Balaban J connectivity index is 1.96. The second-order valence-electron chi connectivity index (χ2n) is 7.63. The fourth-order valence-electron chi connectivity index (χ4n) is 4.59. The van der Waals surface area contributed by atoms with Crippen LogP contribution in [0.25, 0.3) is 58.7 Å². The maximum Gasteiger partial charge on any atom is 0.205 e. The van der Waals surface area contributed by atoms with Crippen molar-refractivity contribution < 1.29 is 0 Å². The van der Waals surface area contributed by atoms with Gasteiger partial charge < -0.3 is 0 Å². The van der Waals surface area contributed by atoms with Crippen LogP contribution in [0.5, 0.6) is 0 Å². The van der Waals surface area contributed by atoms with Gasteiger partial charge in [0.1, 0.15) is 0 Å². The third kappa shape index (κ3) is 2.23. The first-order valence-electron chi connectivity index (χ1n) is 9.79. The minimum atomic E-state index is 0.402. The Hall–Kier alpha value is -4.40. The zero-order valence-corrected chi connectivity index (χ0v) is 16.0. The monoisotopic (exact) mass is 378 g/mol. The fraction of sp³-hybridized carbons (Fsp3) is 0. The van der Waals surface area contributed by atoms with Crippen LogP contribution in [0.3, 0.4) is 0 Å². The molecular formula is C28H14N2. The summed E-state index contributed by atoms with van der Waals surface area (Å²) >= 11 is 0. The molecule has 2 heteroatoms. The Labute approximate surface area is 173 Å². The second-order valence-corrected chi connectivity index (χ2v) is 7.63. The van der Waals surface area contributed by atoms with E-state index in [1.54, 1.807) is 0 Å². The highest BCUT2D eigenvalue weighted by molar-refractivity contribution is 6.29.